The lowest BCUT2D eigenvalue weighted by atomic mass is 10.1. The van der Waals surface area contributed by atoms with Crippen molar-refractivity contribution in [2.24, 2.45) is 12.8 Å². The second kappa shape index (κ2) is 5.66. The first-order chi connectivity index (χ1) is 8.20. The van der Waals surface area contributed by atoms with Gasteiger partial charge in [-0.15, -0.1) is 10.2 Å². The monoisotopic (exact) mass is 312 g/mol. The molecule has 0 fully saturated rings. The van der Waals surface area contributed by atoms with E-state index in [2.05, 4.69) is 38.3 Å². The Morgan fingerprint density at radius 3 is 2.94 bits per heavy atom. The van der Waals surface area contributed by atoms with Gasteiger partial charge in [0.25, 0.3) is 0 Å². The molecule has 0 amide bonds. The highest BCUT2D eigenvalue weighted by molar-refractivity contribution is 9.10. The molecule has 0 aliphatic heterocycles. The predicted molar refractivity (Wildman–Crippen MR) is 72.0 cm³/mol. The van der Waals surface area contributed by atoms with E-state index in [1.807, 2.05) is 17.7 Å². The molecule has 90 valence electrons. The summed E-state index contributed by atoms with van der Waals surface area (Å²) in [4.78, 5) is 1.17. The van der Waals surface area contributed by atoms with Crippen LogP contribution in [0.4, 0.5) is 0 Å². The summed E-state index contributed by atoms with van der Waals surface area (Å²) in [5, 5.41) is 8.82. The fourth-order valence-electron chi connectivity index (χ4n) is 1.45. The van der Waals surface area contributed by atoms with Gasteiger partial charge < -0.3 is 10.3 Å². The number of hydrogen-bond acceptors (Lipinski definition) is 4. The maximum Gasteiger partial charge on any atom is 0.195 e. The normalized spacial score (nSPS) is 10.8. The summed E-state index contributed by atoms with van der Waals surface area (Å²) in [5.41, 5.74) is 6.86. The van der Waals surface area contributed by atoms with Crippen LogP contribution in [0.3, 0.4) is 0 Å². The van der Waals surface area contributed by atoms with Gasteiger partial charge in [-0.1, -0.05) is 22.0 Å². The van der Waals surface area contributed by atoms with E-state index in [-0.39, 0.29) is 0 Å². The SMILES string of the molecule is Cn1cnnc1Sc1cc(Br)ccc1CCN. The van der Waals surface area contributed by atoms with Gasteiger partial charge in [0, 0.05) is 16.4 Å². The molecular formula is C11H13BrN4S. The Hall–Kier alpha value is -0.850. The van der Waals surface area contributed by atoms with Gasteiger partial charge in [-0.3, -0.25) is 0 Å². The lowest BCUT2D eigenvalue weighted by Gasteiger charge is -2.08. The van der Waals surface area contributed by atoms with E-state index in [9.17, 15) is 0 Å². The van der Waals surface area contributed by atoms with Crippen molar-refractivity contribution in [3.63, 3.8) is 0 Å². The van der Waals surface area contributed by atoms with E-state index in [1.165, 1.54) is 10.5 Å². The maximum atomic E-state index is 5.62. The Balaban J connectivity index is 2.30. The van der Waals surface area contributed by atoms with Gasteiger partial charge in [-0.25, -0.2) is 0 Å². The van der Waals surface area contributed by atoms with Gasteiger partial charge in [0.15, 0.2) is 5.16 Å². The summed E-state index contributed by atoms with van der Waals surface area (Å²) in [6.45, 7) is 0.647. The third kappa shape index (κ3) is 3.08. The standard InChI is InChI=1S/C11H13BrN4S/c1-16-7-14-15-11(16)17-10-6-9(12)3-2-8(10)4-5-13/h2-3,6-7H,4-5,13H2,1H3. The molecule has 0 bridgehead atoms. The first-order valence-corrected chi connectivity index (χ1v) is 6.82. The van der Waals surface area contributed by atoms with Gasteiger partial charge in [-0.2, -0.15) is 0 Å². The van der Waals surface area contributed by atoms with E-state index >= 15 is 0 Å². The van der Waals surface area contributed by atoms with Crippen molar-refractivity contribution in [3.05, 3.63) is 34.6 Å². The van der Waals surface area contributed by atoms with Crippen LogP contribution < -0.4 is 5.73 Å². The average Bonchev–Trinajstić information content (AvgIpc) is 2.69. The molecule has 0 unspecified atom stereocenters. The third-order valence-corrected chi connectivity index (χ3v) is 3.96. The summed E-state index contributed by atoms with van der Waals surface area (Å²) in [5.74, 6) is 0. The fraction of sp³-hybridized carbons (Fsp3) is 0.273. The summed E-state index contributed by atoms with van der Waals surface area (Å²) in [6, 6.07) is 6.21. The largest absolute Gasteiger partial charge is 0.330 e. The van der Waals surface area contributed by atoms with Crippen molar-refractivity contribution < 1.29 is 0 Å². The Labute approximate surface area is 113 Å². The molecule has 6 heteroatoms. The molecule has 0 aliphatic rings. The highest BCUT2D eigenvalue weighted by Crippen LogP contribution is 2.31. The molecule has 2 aromatic rings. The number of aromatic nitrogens is 3. The van der Waals surface area contributed by atoms with Crippen LogP contribution in [0.25, 0.3) is 0 Å². The number of rotatable bonds is 4. The van der Waals surface area contributed by atoms with Gasteiger partial charge >= 0.3 is 0 Å². The molecule has 0 spiro atoms. The fourth-order valence-corrected chi connectivity index (χ4v) is 2.92. The Morgan fingerprint density at radius 2 is 2.29 bits per heavy atom. The van der Waals surface area contributed by atoms with Crippen LogP contribution in [0.2, 0.25) is 0 Å². The quantitative estimate of drug-likeness (QED) is 0.940. The zero-order valence-corrected chi connectivity index (χ0v) is 11.8. The molecule has 17 heavy (non-hydrogen) atoms. The lowest BCUT2D eigenvalue weighted by molar-refractivity contribution is 0.787. The zero-order valence-electron chi connectivity index (χ0n) is 9.43. The smallest absolute Gasteiger partial charge is 0.195 e. The Kier molecular flexibility index (Phi) is 4.20. The number of nitrogens with zero attached hydrogens (tertiary/aromatic N) is 3. The lowest BCUT2D eigenvalue weighted by Crippen LogP contribution is -2.04. The maximum absolute atomic E-state index is 5.62. The highest BCUT2D eigenvalue weighted by Gasteiger charge is 2.08. The minimum absolute atomic E-state index is 0.647. The van der Waals surface area contributed by atoms with E-state index in [4.69, 9.17) is 5.73 Å². The molecule has 4 nitrogen and oxygen atoms in total. The number of aryl methyl sites for hydroxylation is 1. The summed E-state index contributed by atoms with van der Waals surface area (Å²) in [7, 11) is 1.93. The minimum atomic E-state index is 0.647. The number of nitrogens with two attached hydrogens (primary N) is 1. The van der Waals surface area contributed by atoms with Crippen molar-refractivity contribution in [2.45, 2.75) is 16.5 Å². The molecule has 2 rings (SSSR count). The summed E-state index contributed by atoms with van der Waals surface area (Å²) in [6.07, 6.45) is 2.57. The molecule has 0 atom stereocenters. The number of benzene rings is 1. The molecule has 0 saturated heterocycles. The van der Waals surface area contributed by atoms with Crippen LogP contribution >= 0.6 is 27.7 Å². The van der Waals surface area contributed by atoms with E-state index in [1.54, 1.807) is 18.1 Å². The number of hydrogen-bond donors (Lipinski definition) is 1. The van der Waals surface area contributed by atoms with E-state index < -0.39 is 0 Å². The van der Waals surface area contributed by atoms with Crippen molar-refractivity contribution >= 4 is 27.7 Å². The van der Waals surface area contributed by atoms with Gasteiger partial charge in [0.2, 0.25) is 0 Å². The molecule has 1 aromatic heterocycles. The van der Waals surface area contributed by atoms with Crippen LogP contribution in [-0.2, 0) is 13.5 Å². The van der Waals surface area contributed by atoms with Crippen LogP contribution in [0.5, 0.6) is 0 Å². The Bertz CT molecular complexity index is 512. The average molecular weight is 313 g/mol. The molecule has 0 aliphatic carbocycles. The minimum Gasteiger partial charge on any atom is -0.330 e. The van der Waals surface area contributed by atoms with Crippen LogP contribution in [0.15, 0.2) is 39.1 Å². The first kappa shape index (κ1) is 12.6. The van der Waals surface area contributed by atoms with E-state index in [0.717, 1.165) is 16.0 Å². The summed E-state index contributed by atoms with van der Waals surface area (Å²) >= 11 is 5.09. The second-order valence-electron chi connectivity index (χ2n) is 3.62. The number of halogens is 1. The van der Waals surface area contributed by atoms with E-state index in [0.29, 0.717) is 6.54 Å². The first-order valence-electron chi connectivity index (χ1n) is 5.21. The molecule has 1 aromatic carbocycles. The van der Waals surface area contributed by atoms with Crippen molar-refractivity contribution in [3.8, 4) is 0 Å². The molecular weight excluding hydrogens is 300 g/mol. The van der Waals surface area contributed by atoms with Crippen molar-refractivity contribution in [1.29, 1.82) is 0 Å². The van der Waals surface area contributed by atoms with Crippen LogP contribution in [0.1, 0.15) is 5.56 Å². The predicted octanol–water partition coefficient (Wildman–Crippen LogP) is 2.23. The molecule has 0 radical (unpaired) electrons. The van der Waals surface area contributed by atoms with Crippen molar-refractivity contribution in [1.82, 2.24) is 14.8 Å². The molecule has 2 N–H and O–H groups in total. The highest BCUT2D eigenvalue weighted by atomic mass is 79.9. The zero-order chi connectivity index (χ0) is 12.3. The summed E-state index contributed by atoms with van der Waals surface area (Å²) < 4.78 is 2.96. The third-order valence-electron chi connectivity index (χ3n) is 2.31. The van der Waals surface area contributed by atoms with Gasteiger partial charge in [0.05, 0.1) is 0 Å². The van der Waals surface area contributed by atoms with Crippen LogP contribution in [0, 0.1) is 0 Å². The van der Waals surface area contributed by atoms with Gasteiger partial charge in [-0.05, 0) is 42.4 Å². The van der Waals surface area contributed by atoms with Crippen molar-refractivity contribution in [2.75, 3.05) is 6.54 Å². The molecule has 0 saturated carbocycles. The van der Waals surface area contributed by atoms with Crippen LogP contribution in [-0.4, -0.2) is 21.3 Å². The topological polar surface area (TPSA) is 56.7 Å². The molecule has 1 heterocycles. The van der Waals surface area contributed by atoms with Gasteiger partial charge in [0.1, 0.15) is 6.33 Å². The Morgan fingerprint density at radius 1 is 1.47 bits per heavy atom. The second-order valence-corrected chi connectivity index (χ2v) is 5.54.